The van der Waals surface area contributed by atoms with Crippen molar-refractivity contribution >= 4 is 18.0 Å². The van der Waals surface area contributed by atoms with Crippen LogP contribution >= 0.6 is 0 Å². The Kier molecular flexibility index (Phi) is 9.17. The van der Waals surface area contributed by atoms with Gasteiger partial charge in [-0.05, 0) is 47.6 Å². The summed E-state index contributed by atoms with van der Waals surface area (Å²) in [6.45, 7) is 2.39. The Morgan fingerprint density at radius 1 is 0.889 bits per heavy atom. The van der Waals surface area contributed by atoms with Gasteiger partial charge >= 0.3 is 5.97 Å². The highest BCUT2D eigenvalue weighted by atomic mass is 16.5. The van der Waals surface area contributed by atoms with E-state index < -0.39 is 0 Å². The molecule has 0 spiro atoms. The zero-order chi connectivity index (χ0) is 25.2. The van der Waals surface area contributed by atoms with Crippen LogP contribution in [0.3, 0.4) is 0 Å². The third-order valence-electron chi connectivity index (χ3n) is 6.76. The molecule has 1 aliphatic heterocycles. The number of hydrogen-bond acceptors (Lipinski definition) is 5. The number of esters is 1. The molecule has 0 unspecified atom stereocenters. The minimum atomic E-state index is -0.189. The van der Waals surface area contributed by atoms with Crippen molar-refractivity contribution in [2.75, 3.05) is 19.6 Å². The Bertz CT molecular complexity index is 1170. The molecule has 3 aromatic carbocycles. The van der Waals surface area contributed by atoms with Crippen LogP contribution in [-0.4, -0.2) is 48.7 Å². The lowest BCUT2D eigenvalue weighted by Crippen LogP contribution is -2.39. The molecule has 0 aliphatic carbocycles. The van der Waals surface area contributed by atoms with Crippen LogP contribution in [-0.2, 0) is 27.2 Å². The molecule has 5 heteroatoms. The van der Waals surface area contributed by atoms with Gasteiger partial charge in [0.15, 0.2) is 0 Å². The van der Waals surface area contributed by atoms with Crippen molar-refractivity contribution in [3.8, 4) is 11.1 Å². The van der Waals surface area contributed by atoms with E-state index in [2.05, 4.69) is 17.0 Å². The summed E-state index contributed by atoms with van der Waals surface area (Å²) in [4.78, 5) is 38.2. The maximum atomic E-state index is 12.7. The molecule has 0 N–H and O–H groups in total. The zero-order valence-corrected chi connectivity index (χ0v) is 20.6. The topological polar surface area (TPSA) is 63.7 Å². The maximum Gasteiger partial charge on any atom is 0.310 e. The first-order valence-corrected chi connectivity index (χ1v) is 12.7. The van der Waals surface area contributed by atoms with Gasteiger partial charge in [-0.1, -0.05) is 72.8 Å². The lowest BCUT2D eigenvalue weighted by atomic mass is 9.98. The number of aryl methyl sites for hydroxylation is 1. The third-order valence-corrected chi connectivity index (χ3v) is 6.76. The Hall–Kier alpha value is -3.57. The van der Waals surface area contributed by atoms with E-state index in [1.54, 1.807) is 6.07 Å². The Labute approximate surface area is 213 Å². The molecule has 1 aliphatic rings. The summed E-state index contributed by atoms with van der Waals surface area (Å²) in [5.41, 5.74) is 4.79. The van der Waals surface area contributed by atoms with E-state index in [1.165, 1.54) is 0 Å². The largest absolute Gasteiger partial charge is 0.462 e. The molecule has 0 aromatic heterocycles. The highest BCUT2D eigenvalue weighted by Gasteiger charge is 2.23. The molecule has 1 heterocycles. The zero-order valence-electron chi connectivity index (χ0n) is 20.6. The Balaban J connectivity index is 1.17. The van der Waals surface area contributed by atoms with Crippen LogP contribution in [0, 0.1) is 0 Å². The highest BCUT2D eigenvalue weighted by molar-refractivity contribution is 5.79. The molecule has 186 valence electrons. The molecule has 0 saturated carbocycles. The SMILES string of the molecule is O=Cc1cccc(CCC(=O)CCN2CCC(OC(=O)Cc3ccccc3-c3ccccc3)CC2)c1. The molecule has 4 rings (SSSR count). The number of ether oxygens (including phenoxy) is 1. The maximum absolute atomic E-state index is 12.7. The summed E-state index contributed by atoms with van der Waals surface area (Å²) in [5.74, 6) is 0.0443. The number of nitrogens with zero attached hydrogens (tertiary/aromatic N) is 1. The summed E-state index contributed by atoms with van der Waals surface area (Å²) in [7, 11) is 0. The molecule has 1 saturated heterocycles. The van der Waals surface area contributed by atoms with Crippen molar-refractivity contribution in [1.82, 2.24) is 4.90 Å². The number of rotatable bonds is 11. The van der Waals surface area contributed by atoms with Crippen LogP contribution in [0.25, 0.3) is 11.1 Å². The third kappa shape index (κ3) is 7.46. The van der Waals surface area contributed by atoms with Crippen molar-refractivity contribution in [1.29, 1.82) is 0 Å². The number of ketones is 1. The number of aldehydes is 1. The lowest BCUT2D eigenvalue weighted by molar-refractivity contribution is -0.150. The first-order chi connectivity index (χ1) is 17.6. The van der Waals surface area contributed by atoms with Crippen molar-refractivity contribution in [2.45, 2.75) is 44.6 Å². The number of piperidine rings is 1. The van der Waals surface area contributed by atoms with Crippen molar-refractivity contribution in [2.24, 2.45) is 0 Å². The summed E-state index contributed by atoms with van der Waals surface area (Å²) in [5, 5.41) is 0. The number of benzene rings is 3. The summed E-state index contributed by atoms with van der Waals surface area (Å²) in [6.07, 6.45) is 4.27. The van der Waals surface area contributed by atoms with Gasteiger partial charge in [-0.2, -0.15) is 0 Å². The van der Waals surface area contributed by atoms with Gasteiger partial charge in [-0.25, -0.2) is 0 Å². The molecule has 0 amide bonds. The monoisotopic (exact) mass is 483 g/mol. The predicted molar refractivity (Wildman–Crippen MR) is 141 cm³/mol. The van der Waals surface area contributed by atoms with Gasteiger partial charge in [-0.3, -0.25) is 14.4 Å². The second-order valence-corrected chi connectivity index (χ2v) is 9.38. The molecule has 0 bridgehead atoms. The van der Waals surface area contributed by atoms with Crippen LogP contribution in [0.15, 0.2) is 78.9 Å². The number of carbonyl (C=O) groups is 3. The van der Waals surface area contributed by atoms with Gasteiger partial charge in [0.2, 0.25) is 0 Å². The summed E-state index contributed by atoms with van der Waals surface area (Å²) < 4.78 is 5.81. The van der Waals surface area contributed by atoms with E-state index in [1.807, 2.05) is 60.7 Å². The number of carbonyl (C=O) groups excluding carboxylic acids is 3. The Morgan fingerprint density at radius 3 is 2.42 bits per heavy atom. The average molecular weight is 484 g/mol. The van der Waals surface area contributed by atoms with Gasteiger partial charge in [0.05, 0.1) is 6.42 Å². The van der Waals surface area contributed by atoms with Gasteiger partial charge in [0.25, 0.3) is 0 Å². The van der Waals surface area contributed by atoms with Crippen molar-refractivity contribution in [3.05, 3.63) is 95.6 Å². The minimum absolute atomic E-state index is 0.0709. The highest BCUT2D eigenvalue weighted by Crippen LogP contribution is 2.24. The quantitative estimate of drug-likeness (QED) is 0.273. The first kappa shape index (κ1) is 25.5. The van der Waals surface area contributed by atoms with E-state index >= 15 is 0 Å². The van der Waals surface area contributed by atoms with E-state index in [-0.39, 0.29) is 24.3 Å². The summed E-state index contributed by atoms with van der Waals surface area (Å²) in [6, 6.07) is 25.5. The molecule has 0 radical (unpaired) electrons. The van der Waals surface area contributed by atoms with Gasteiger partial charge in [-0.15, -0.1) is 0 Å². The standard InChI is InChI=1S/C31H33NO4/c33-23-25-8-6-7-24(21-25)13-14-28(34)15-18-32-19-16-29(17-20-32)36-31(35)22-27-11-4-5-12-30(27)26-9-2-1-3-10-26/h1-12,21,23,29H,13-20,22H2. The number of hydrogen-bond donors (Lipinski definition) is 0. The second-order valence-electron chi connectivity index (χ2n) is 9.38. The van der Waals surface area contributed by atoms with Gasteiger partial charge in [0.1, 0.15) is 18.2 Å². The number of Topliss-reactive ketones (excluding diaryl/α,β-unsaturated/α-hetero) is 1. The fourth-order valence-electron chi connectivity index (χ4n) is 4.72. The van der Waals surface area contributed by atoms with E-state index in [4.69, 9.17) is 4.74 Å². The van der Waals surface area contributed by atoms with E-state index in [0.717, 1.165) is 61.0 Å². The minimum Gasteiger partial charge on any atom is -0.462 e. The average Bonchev–Trinajstić information content (AvgIpc) is 2.92. The second kappa shape index (κ2) is 12.9. The van der Waals surface area contributed by atoms with Gasteiger partial charge < -0.3 is 9.64 Å². The van der Waals surface area contributed by atoms with Crippen LogP contribution in [0.1, 0.15) is 47.2 Å². The molecular weight excluding hydrogens is 450 g/mol. The molecule has 0 atom stereocenters. The fraction of sp³-hybridized carbons (Fsp3) is 0.323. The number of likely N-dealkylation sites (tertiary alicyclic amines) is 1. The van der Waals surface area contributed by atoms with Crippen molar-refractivity contribution in [3.63, 3.8) is 0 Å². The van der Waals surface area contributed by atoms with Crippen LogP contribution in [0.2, 0.25) is 0 Å². The van der Waals surface area contributed by atoms with E-state index in [9.17, 15) is 14.4 Å². The molecular formula is C31H33NO4. The van der Waals surface area contributed by atoms with Crippen molar-refractivity contribution < 1.29 is 19.1 Å². The predicted octanol–water partition coefficient (Wildman–Crippen LogP) is 5.31. The lowest BCUT2D eigenvalue weighted by Gasteiger charge is -2.31. The molecule has 3 aromatic rings. The van der Waals surface area contributed by atoms with Crippen LogP contribution in [0.5, 0.6) is 0 Å². The normalized spacial score (nSPS) is 14.3. The molecule has 1 fully saturated rings. The van der Waals surface area contributed by atoms with Crippen LogP contribution < -0.4 is 0 Å². The fourth-order valence-corrected chi connectivity index (χ4v) is 4.72. The van der Waals surface area contributed by atoms with E-state index in [0.29, 0.717) is 24.8 Å². The Morgan fingerprint density at radius 2 is 1.64 bits per heavy atom. The van der Waals surface area contributed by atoms with Gasteiger partial charge in [0, 0.05) is 38.0 Å². The molecule has 5 nitrogen and oxygen atoms in total. The first-order valence-electron chi connectivity index (χ1n) is 12.7. The summed E-state index contributed by atoms with van der Waals surface area (Å²) >= 11 is 0. The smallest absolute Gasteiger partial charge is 0.310 e. The molecule has 36 heavy (non-hydrogen) atoms. The van der Waals surface area contributed by atoms with Crippen LogP contribution in [0.4, 0.5) is 0 Å².